The lowest BCUT2D eigenvalue weighted by Gasteiger charge is -2.08. The maximum Gasteiger partial charge on any atom is 0.122 e. The van der Waals surface area contributed by atoms with Crippen molar-refractivity contribution < 1.29 is 4.74 Å². The number of nitrogens with zero attached hydrogens (tertiary/aromatic N) is 1. The molecule has 23 heavy (non-hydrogen) atoms. The fraction of sp³-hybridized carbons (Fsp3) is 0.0500. The molecule has 3 aromatic carbocycles. The van der Waals surface area contributed by atoms with Gasteiger partial charge in [0, 0.05) is 21.3 Å². The maximum absolute atomic E-state index is 5.89. The van der Waals surface area contributed by atoms with Crippen molar-refractivity contribution in [1.82, 2.24) is 4.98 Å². The first-order chi connectivity index (χ1) is 11.3. The van der Waals surface area contributed by atoms with Gasteiger partial charge in [0.2, 0.25) is 0 Å². The first-order valence-electron chi connectivity index (χ1n) is 7.45. The third-order valence-electron chi connectivity index (χ3n) is 3.81. The zero-order chi connectivity index (χ0) is 15.6. The Labute approximate surface area is 142 Å². The van der Waals surface area contributed by atoms with E-state index in [1.54, 1.807) is 0 Å². The molecular weight excluding hydrogens is 350 g/mol. The molecule has 1 aromatic heterocycles. The monoisotopic (exact) mass is 363 g/mol. The van der Waals surface area contributed by atoms with Crippen molar-refractivity contribution >= 4 is 37.7 Å². The highest BCUT2D eigenvalue weighted by molar-refractivity contribution is 9.10. The van der Waals surface area contributed by atoms with E-state index in [-0.39, 0.29) is 0 Å². The van der Waals surface area contributed by atoms with Crippen molar-refractivity contribution in [2.24, 2.45) is 0 Å². The number of pyridine rings is 1. The smallest absolute Gasteiger partial charge is 0.122 e. The summed E-state index contributed by atoms with van der Waals surface area (Å²) < 4.78 is 6.90. The van der Waals surface area contributed by atoms with Gasteiger partial charge in [-0.25, -0.2) is 4.98 Å². The molecule has 4 aromatic rings. The number of hydrogen-bond donors (Lipinski definition) is 0. The van der Waals surface area contributed by atoms with E-state index in [2.05, 4.69) is 46.3 Å². The Kier molecular flexibility index (Phi) is 3.72. The van der Waals surface area contributed by atoms with E-state index < -0.39 is 0 Å². The average Bonchev–Trinajstić information content (AvgIpc) is 2.60. The number of fused-ring (bicyclic) bond motifs is 2. The molecule has 0 aliphatic rings. The quantitative estimate of drug-likeness (QED) is 0.433. The van der Waals surface area contributed by atoms with Crippen molar-refractivity contribution in [3.8, 4) is 5.75 Å². The molecule has 2 nitrogen and oxygen atoms in total. The van der Waals surface area contributed by atoms with Crippen LogP contribution < -0.4 is 4.74 Å². The summed E-state index contributed by atoms with van der Waals surface area (Å²) in [7, 11) is 0. The highest BCUT2D eigenvalue weighted by Gasteiger charge is 2.04. The Morgan fingerprint density at radius 3 is 2.57 bits per heavy atom. The number of para-hydroxylation sites is 1. The summed E-state index contributed by atoms with van der Waals surface area (Å²) in [5.74, 6) is 0.834. The van der Waals surface area contributed by atoms with E-state index >= 15 is 0 Å². The highest BCUT2D eigenvalue weighted by atomic mass is 79.9. The number of aromatic nitrogens is 1. The van der Waals surface area contributed by atoms with E-state index in [1.165, 1.54) is 0 Å². The largest absolute Gasteiger partial charge is 0.489 e. The van der Waals surface area contributed by atoms with E-state index in [0.29, 0.717) is 6.61 Å². The van der Waals surface area contributed by atoms with Crippen LogP contribution in [0.1, 0.15) is 5.56 Å². The van der Waals surface area contributed by atoms with Gasteiger partial charge in [-0.05, 0) is 45.8 Å². The minimum absolute atomic E-state index is 0.559. The van der Waals surface area contributed by atoms with Gasteiger partial charge in [-0.1, -0.05) is 42.5 Å². The molecule has 0 atom stereocenters. The van der Waals surface area contributed by atoms with Crippen LogP contribution in [0.4, 0.5) is 0 Å². The van der Waals surface area contributed by atoms with Gasteiger partial charge >= 0.3 is 0 Å². The molecule has 0 aliphatic heterocycles. The number of rotatable bonds is 3. The molecule has 0 saturated heterocycles. The molecule has 0 bridgehead atoms. The van der Waals surface area contributed by atoms with Gasteiger partial charge in [0.1, 0.15) is 12.4 Å². The fourth-order valence-corrected chi connectivity index (χ4v) is 3.10. The van der Waals surface area contributed by atoms with Crippen molar-refractivity contribution in [1.29, 1.82) is 0 Å². The molecular formula is C20H14BrNO. The van der Waals surface area contributed by atoms with Crippen LogP contribution in [-0.2, 0) is 6.61 Å². The standard InChI is InChI=1S/C20H14BrNO/c21-18-8-4-7-16-11-15-9-10-17(12-19(15)22-20(16)18)23-13-14-5-2-1-3-6-14/h1-12H,13H2. The van der Waals surface area contributed by atoms with Gasteiger partial charge in [0.15, 0.2) is 0 Å². The topological polar surface area (TPSA) is 22.1 Å². The first kappa shape index (κ1) is 14.2. The lowest BCUT2D eigenvalue weighted by atomic mass is 10.1. The van der Waals surface area contributed by atoms with Gasteiger partial charge in [-0.3, -0.25) is 0 Å². The van der Waals surface area contributed by atoms with Crippen molar-refractivity contribution in [2.45, 2.75) is 6.61 Å². The maximum atomic E-state index is 5.89. The third-order valence-corrected chi connectivity index (χ3v) is 4.45. The summed E-state index contributed by atoms with van der Waals surface area (Å²) in [5, 5.41) is 2.24. The molecule has 0 fully saturated rings. The highest BCUT2D eigenvalue weighted by Crippen LogP contribution is 2.27. The molecule has 0 radical (unpaired) electrons. The minimum atomic E-state index is 0.559. The molecule has 0 saturated carbocycles. The number of hydrogen-bond acceptors (Lipinski definition) is 2. The second-order valence-corrected chi connectivity index (χ2v) is 6.28. The SMILES string of the molecule is Brc1cccc2cc3ccc(OCc4ccccc4)cc3nc12. The second kappa shape index (κ2) is 6.01. The van der Waals surface area contributed by atoms with Gasteiger partial charge in [-0.2, -0.15) is 0 Å². The van der Waals surface area contributed by atoms with E-state index in [9.17, 15) is 0 Å². The van der Waals surface area contributed by atoms with Crippen LogP contribution in [0.2, 0.25) is 0 Å². The number of benzene rings is 3. The zero-order valence-corrected chi connectivity index (χ0v) is 14.0. The Morgan fingerprint density at radius 2 is 1.70 bits per heavy atom. The Bertz CT molecular complexity index is 983. The number of halogens is 1. The van der Waals surface area contributed by atoms with Crippen molar-refractivity contribution in [3.05, 3.63) is 82.8 Å². The second-order valence-electron chi connectivity index (χ2n) is 5.43. The molecule has 0 spiro atoms. The Morgan fingerprint density at radius 1 is 0.826 bits per heavy atom. The third kappa shape index (κ3) is 2.92. The van der Waals surface area contributed by atoms with E-state index in [4.69, 9.17) is 9.72 Å². The van der Waals surface area contributed by atoms with Crippen LogP contribution >= 0.6 is 15.9 Å². The predicted octanol–water partition coefficient (Wildman–Crippen LogP) is 5.73. The van der Waals surface area contributed by atoms with Gasteiger partial charge in [-0.15, -0.1) is 0 Å². The summed E-state index contributed by atoms with van der Waals surface area (Å²) in [6.07, 6.45) is 0. The summed E-state index contributed by atoms with van der Waals surface area (Å²) in [5.41, 5.74) is 3.07. The molecule has 3 heteroatoms. The summed E-state index contributed by atoms with van der Waals surface area (Å²) >= 11 is 3.57. The molecule has 4 rings (SSSR count). The van der Waals surface area contributed by atoms with Crippen LogP contribution in [0.25, 0.3) is 21.8 Å². The number of ether oxygens (including phenoxy) is 1. The summed E-state index contributed by atoms with van der Waals surface area (Å²) in [6, 6.07) is 24.5. The molecule has 0 amide bonds. The molecule has 0 aliphatic carbocycles. The lowest BCUT2D eigenvalue weighted by Crippen LogP contribution is -1.95. The fourth-order valence-electron chi connectivity index (χ4n) is 2.63. The van der Waals surface area contributed by atoms with Crippen molar-refractivity contribution in [2.75, 3.05) is 0 Å². The summed E-state index contributed by atoms with van der Waals surface area (Å²) in [4.78, 5) is 4.77. The van der Waals surface area contributed by atoms with E-state index in [0.717, 1.165) is 37.6 Å². The Balaban J connectivity index is 1.69. The normalized spacial score (nSPS) is 11.0. The minimum Gasteiger partial charge on any atom is -0.489 e. The van der Waals surface area contributed by atoms with Gasteiger partial charge in [0.05, 0.1) is 11.0 Å². The zero-order valence-electron chi connectivity index (χ0n) is 12.4. The van der Waals surface area contributed by atoms with Crippen LogP contribution in [0, 0.1) is 0 Å². The van der Waals surface area contributed by atoms with Crippen LogP contribution in [0.3, 0.4) is 0 Å². The van der Waals surface area contributed by atoms with Gasteiger partial charge in [0.25, 0.3) is 0 Å². The molecule has 0 unspecified atom stereocenters. The van der Waals surface area contributed by atoms with Crippen LogP contribution in [-0.4, -0.2) is 4.98 Å². The van der Waals surface area contributed by atoms with Crippen LogP contribution in [0.5, 0.6) is 5.75 Å². The predicted molar refractivity (Wildman–Crippen MR) is 97.7 cm³/mol. The van der Waals surface area contributed by atoms with Crippen molar-refractivity contribution in [3.63, 3.8) is 0 Å². The lowest BCUT2D eigenvalue weighted by molar-refractivity contribution is 0.306. The first-order valence-corrected chi connectivity index (χ1v) is 8.25. The molecule has 1 heterocycles. The Hall–Kier alpha value is -2.39. The van der Waals surface area contributed by atoms with Crippen LogP contribution in [0.15, 0.2) is 77.3 Å². The summed E-state index contributed by atoms with van der Waals surface area (Å²) in [6.45, 7) is 0.559. The average molecular weight is 364 g/mol. The molecule has 0 N–H and O–H groups in total. The molecule has 112 valence electrons. The van der Waals surface area contributed by atoms with Gasteiger partial charge < -0.3 is 4.74 Å². The van der Waals surface area contributed by atoms with E-state index in [1.807, 2.05) is 42.5 Å².